The van der Waals surface area contributed by atoms with E-state index >= 15 is 0 Å². The van der Waals surface area contributed by atoms with Crippen LogP contribution in [0.1, 0.15) is 36.2 Å². The molecule has 0 aliphatic carbocycles. The van der Waals surface area contributed by atoms with Gasteiger partial charge >= 0.3 is 0 Å². The number of aliphatic hydroxyl groups excluding tert-OH is 1. The van der Waals surface area contributed by atoms with Crippen molar-refractivity contribution in [3.8, 4) is 0 Å². The van der Waals surface area contributed by atoms with Gasteiger partial charge in [0, 0.05) is 19.3 Å². The summed E-state index contributed by atoms with van der Waals surface area (Å²) in [7, 11) is 0. The van der Waals surface area contributed by atoms with Crippen LogP contribution in [0.25, 0.3) is 0 Å². The van der Waals surface area contributed by atoms with E-state index in [9.17, 15) is 9.59 Å². The molecule has 0 radical (unpaired) electrons. The molecular formula is C12H17NO3. The number of Topliss-reactive ketones (excluding diaryl/α,β-unsaturated/α-hetero) is 1. The maximum Gasteiger partial charge on any atom is 0.241 e. The van der Waals surface area contributed by atoms with E-state index in [4.69, 9.17) is 5.11 Å². The number of rotatable bonds is 8. The van der Waals surface area contributed by atoms with Crippen molar-refractivity contribution in [2.24, 2.45) is 0 Å². The number of carbonyl (C=O) groups is 2. The second-order valence-corrected chi connectivity index (χ2v) is 3.71. The maximum absolute atomic E-state index is 11.2. The van der Waals surface area contributed by atoms with Gasteiger partial charge in [0.2, 0.25) is 5.78 Å². The summed E-state index contributed by atoms with van der Waals surface area (Å²) < 4.78 is 1.80. The van der Waals surface area contributed by atoms with Crippen molar-refractivity contribution in [1.29, 1.82) is 0 Å². The minimum atomic E-state index is -0.472. The van der Waals surface area contributed by atoms with Crippen LogP contribution in [0.2, 0.25) is 0 Å². The van der Waals surface area contributed by atoms with E-state index < -0.39 is 5.78 Å². The second kappa shape index (κ2) is 6.95. The Morgan fingerprint density at radius 3 is 2.75 bits per heavy atom. The van der Waals surface area contributed by atoms with Crippen LogP contribution in [0.3, 0.4) is 0 Å². The molecule has 0 amide bonds. The maximum atomic E-state index is 11.2. The molecule has 1 N–H and O–H groups in total. The average Bonchev–Trinajstić information content (AvgIpc) is 2.76. The van der Waals surface area contributed by atoms with Gasteiger partial charge in [-0.1, -0.05) is 12.8 Å². The van der Waals surface area contributed by atoms with Gasteiger partial charge in [-0.3, -0.25) is 9.59 Å². The number of hydrogen-bond acceptors (Lipinski definition) is 3. The van der Waals surface area contributed by atoms with Crippen LogP contribution >= 0.6 is 0 Å². The van der Waals surface area contributed by atoms with Gasteiger partial charge < -0.3 is 9.67 Å². The molecule has 1 aromatic rings. The molecule has 0 aliphatic rings. The van der Waals surface area contributed by atoms with Crippen molar-refractivity contribution in [2.45, 2.75) is 32.2 Å². The van der Waals surface area contributed by atoms with E-state index in [1.165, 1.54) is 0 Å². The summed E-state index contributed by atoms with van der Waals surface area (Å²) in [5.41, 5.74) is 0.456. The first kappa shape index (κ1) is 12.6. The highest BCUT2D eigenvalue weighted by Crippen LogP contribution is 2.07. The van der Waals surface area contributed by atoms with Crippen molar-refractivity contribution < 1.29 is 14.7 Å². The molecule has 0 spiro atoms. The van der Waals surface area contributed by atoms with E-state index in [2.05, 4.69) is 0 Å². The number of aliphatic hydroxyl groups is 1. The van der Waals surface area contributed by atoms with E-state index in [1.807, 2.05) is 6.20 Å². The molecule has 1 heterocycles. The molecule has 4 nitrogen and oxygen atoms in total. The Morgan fingerprint density at radius 2 is 2.06 bits per heavy atom. The molecular weight excluding hydrogens is 206 g/mol. The molecule has 0 saturated heterocycles. The lowest BCUT2D eigenvalue weighted by Gasteiger charge is -2.05. The molecule has 0 unspecified atom stereocenters. The quantitative estimate of drug-likeness (QED) is 0.314. The summed E-state index contributed by atoms with van der Waals surface area (Å²) >= 11 is 0. The first-order valence-electron chi connectivity index (χ1n) is 5.55. The molecule has 0 fully saturated rings. The van der Waals surface area contributed by atoms with Crippen molar-refractivity contribution in [3.63, 3.8) is 0 Å². The molecule has 1 rings (SSSR count). The van der Waals surface area contributed by atoms with Gasteiger partial charge in [-0.15, -0.1) is 0 Å². The molecule has 0 saturated carbocycles. The Balaban J connectivity index is 2.39. The third-order valence-electron chi connectivity index (χ3n) is 2.50. The lowest BCUT2D eigenvalue weighted by Crippen LogP contribution is -2.09. The summed E-state index contributed by atoms with van der Waals surface area (Å²) in [6, 6.07) is 3.43. The fraction of sp³-hybridized carbons (Fsp3) is 0.500. The smallest absolute Gasteiger partial charge is 0.241 e. The Hall–Kier alpha value is -1.42. The number of carbonyl (C=O) groups excluding carboxylic acids is 2. The number of hydrogen-bond donors (Lipinski definition) is 1. The Bertz CT molecular complexity index is 344. The van der Waals surface area contributed by atoms with Crippen LogP contribution in [0.15, 0.2) is 18.3 Å². The van der Waals surface area contributed by atoms with Crippen molar-refractivity contribution >= 4 is 12.1 Å². The highest BCUT2D eigenvalue weighted by atomic mass is 16.2. The predicted molar refractivity (Wildman–Crippen MR) is 60.4 cm³/mol. The molecule has 0 aromatic carbocycles. The zero-order chi connectivity index (χ0) is 11.8. The topological polar surface area (TPSA) is 59.3 Å². The molecule has 4 heteroatoms. The van der Waals surface area contributed by atoms with Crippen LogP contribution in [0, 0.1) is 0 Å². The molecule has 0 aliphatic heterocycles. The number of aldehydes is 1. The first-order chi connectivity index (χ1) is 7.79. The number of aromatic nitrogens is 1. The lowest BCUT2D eigenvalue weighted by molar-refractivity contribution is -0.104. The number of unbranched alkanes of at least 4 members (excludes halogenated alkanes) is 3. The molecule has 16 heavy (non-hydrogen) atoms. The van der Waals surface area contributed by atoms with Crippen LogP contribution in [-0.2, 0) is 11.3 Å². The Morgan fingerprint density at radius 1 is 1.31 bits per heavy atom. The van der Waals surface area contributed by atoms with Crippen LogP contribution in [0.5, 0.6) is 0 Å². The van der Waals surface area contributed by atoms with Crippen molar-refractivity contribution in [2.75, 3.05) is 6.61 Å². The minimum absolute atomic E-state index is 0.235. The summed E-state index contributed by atoms with van der Waals surface area (Å²) in [6.45, 7) is 0.978. The zero-order valence-electron chi connectivity index (χ0n) is 9.26. The van der Waals surface area contributed by atoms with Crippen LogP contribution in [-0.4, -0.2) is 28.3 Å². The SMILES string of the molecule is O=CC(=O)c1cccn1CCCCCCO. The third-order valence-corrected chi connectivity index (χ3v) is 2.50. The van der Waals surface area contributed by atoms with Gasteiger partial charge in [0.05, 0.1) is 5.69 Å². The van der Waals surface area contributed by atoms with Gasteiger partial charge in [-0.2, -0.15) is 0 Å². The summed E-state index contributed by atoms with van der Waals surface area (Å²) in [4.78, 5) is 21.6. The predicted octanol–water partition coefficient (Wildman–Crippen LogP) is 1.42. The number of nitrogens with zero attached hydrogens (tertiary/aromatic N) is 1. The number of ketones is 1. The lowest BCUT2D eigenvalue weighted by atomic mass is 10.2. The minimum Gasteiger partial charge on any atom is -0.396 e. The largest absolute Gasteiger partial charge is 0.396 e. The van der Waals surface area contributed by atoms with Gasteiger partial charge in [-0.05, 0) is 25.0 Å². The summed E-state index contributed by atoms with van der Waals surface area (Å²) in [6.07, 6.45) is 5.95. The first-order valence-corrected chi connectivity index (χ1v) is 5.55. The van der Waals surface area contributed by atoms with Crippen molar-refractivity contribution in [3.05, 3.63) is 24.0 Å². The molecule has 0 bridgehead atoms. The highest BCUT2D eigenvalue weighted by Gasteiger charge is 2.08. The van der Waals surface area contributed by atoms with E-state index in [0.29, 0.717) is 12.0 Å². The highest BCUT2D eigenvalue weighted by molar-refractivity contribution is 6.32. The van der Waals surface area contributed by atoms with Gasteiger partial charge in [0.1, 0.15) is 0 Å². The van der Waals surface area contributed by atoms with E-state index in [1.54, 1.807) is 16.7 Å². The van der Waals surface area contributed by atoms with Gasteiger partial charge in [-0.25, -0.2) is 0 Å². The second-order valence-electron chi connectivity index (χ2n) is 3.71. The molecule has 0 atom stereocenters. The molecule has 88 valence electrons. The molecule has 1 aromatic heterocycles. The normalized spacial score (nSPS) is 10.3. The fourth-order valence-corrected chi connectivity index (χ4v) is 1.64. The zero-order valence-corrected chi connectivity index (χ0v) is 9.26. The Kier molecular flexibility index (Phi) is 5.50. The van der Waals surface area contributed by atoms with Crippen LogP contribution < -0.4 is 0 Å². The van der Waals surface area contributed by atoms with Crippen molar-refractivity contribution in [1.82, 2.24) is 4.57 Å². The van der Waals surface area contributed by atoms with Gasteiger partial charge in [0.25, 0.3) is 0 Å². The van der Waals surface area contributed by atoms with Gasteiger partial charge in [0.15, 0.2) is 6.29 Å². The fourth-order valence-electron chi connectivity index (χ4n) is 1.64. The summed E-state index contributed by atoms with van der Waals surface area (Å²) in [5, 5.41) is 8.61. The number of aryl methyl sites for hydroxylation is 1. The van der Waals surface area contributed by atoms with E-state index in [-0.39, 0.29) is 6.61 Å². The average molecular weight is 223 g/mol. The van der Waals surface area contributed by atoms with Crippen LogP contribution in [0.4, 0.5) is 0 Å². The standard InChI is InChI=1S/C12H17NO3/c14-9-4-2-1-3-7-13-8-5-6-11(13)12(16)10-15/h5-6,8,10,14H,1-4,7,9H2. The monoisotopic (exact) mass is 223 g/mol. The summed E-state index contributed by atoms with van der Waals surface area (Å²) in [5.74, 6) is -0.472. The third kappa shape index (κ3) is 3.62. The van der Waals surface area contributed by atoms with E-state index in [0.717, 1.165) is 32.2 Å². The Labute approximate surface area is 94.9 Å².